The fourth-order valence-electron chi connectivity index (χ4n) is 3.42. The van der Waals surface area contributed by atoms with Gasteiger partial charge in [-0.05, 0) is 51.0 Å². The molecule has 3 aromatic rings. The number of carboxylic acid groups (broad SMARTS) is 1. The van der Waals surface area contributed by atoms with Crippen LogP contribution in [-0.4, -0.2) is 56.4 Å². The third-order valence-electron chi connectivity index (χ3n) is 4.71. The average Bonchev–Trinajstić information content (AvgIpc) is 3.14. The first-order chi connectivity index (χ1) is 14.0. The molecule has 3 heterocycles. The van der Waals surface area contributed by atoms with E-state index >= 15 is 0 Å². The number of benzene rings is 1. The molecule has 1 aliphatic rings. The van der Waals surface area contributed by atoms with Crippen molar-refractivity contribution in [2.75, 3.05) is 18.0 Å². The number of piperidine rings is 1. The van der Waals surface area contributed by atoms with E-state index in [0.29, 0.717) is 0 Å². The van der Waals surface area contributed by atoms with Crippen molar-refractivity contribution in [3.8, 4) is 17.0 Å². The maximum atomic E-state index is 9.79. The molecule has 0 aliphatic carbocycles. The smallest absolute Gasteiger partial charge is 0.290 e. The van der Waals surface area contributed by atoms with Crippen LogP contribution in [0.25, 0.3) is 16.9 Å². The zero-order chi connectivity index (χ0) is 20.8. The summed E-state index contributed by atoms with van der Waals surface area (Å²) in [6.45, 7) is 5.43. The lowest BCUT2D eigenvalue weighted by molar-refractivity contribution is -0.122. The molecule has 0 atom stereocenters. The van der Waals surface area contributed by atoms with Gasteiger partial charge in [0.15, 0.2) is 5.65 Å². The zero-order valence-corrected chi connectivity index (χ0v) is 16.6. The minimum absolute atomic E-state index is 0.156. The molecule has 29 heavy (non-hydrogen) atoms. The molecule has 2 aromatic heterocycles. The largest absolute Gasteiger partial charge is 0.491 e. The van der Waals surface area contributed by atoms with Crippen molar-refractivity contribution in [3.63, 3.8) is 0 Å². The van der Waals surface area contributed by atoms with Gasteiger partial charge in [0.25, 0.3) is 6.47 Å². The number of rotatable bonds is 4. The van der Waals surface area contributed by atoms with Gasteiger partial charge in [-0.2, -0.15) is 0 Å². The molecular formula is C21H26N4O4. The van der Waals surface area contributed by atoms with E-state index in [1.54, 1.807) is 6.20 Å². The number of ether oxygens (including phenoxy) is 1. The summed E-state index contributed by atoms with van der Waals surface area (Å²) in [4.78, 5) is 19.5. The van der Waals surface area contributed by atoms with Crippen LogP contribution in [0.15, 0.2) is 42.9 Å². The Labute approximate surface area is 169 Å². The molecule has 8 heteroatoms. The SMILES string of the molecule is CC(C)Oc1ccc(-c2cnc3cncc(N4CCC(O)CC4)n23)cc1.O=CO. The number of fused-ring (bicyclic) bond motifs is 1. The van der Waals surface area contributed by atoms with Crippen molar-refractivity contribution in [1.29, 1.82) is 0 Å². The van der Waals surface area contributed by atoms with Gasteiger partial charge in [0.2, 0.25) is 0 Å². The fourth-order valence-corrected chi connectivity index (χ4v) is 3.42. The van der Waals surface area contributed by atoms with Crippen molar-refractivity contribution in [3.05, 3.63) is 42.9 Å². The summed E-state index contributed by atoms with van der Waals surface area (Å²) in [5.74, 6) is 1.88. The predicted octanol–water partition coefficient (Wildman–Crippen LogP) is 2.85. The van der Waals surface area contributed by atoms with Crippen LogP contribution < -0.4 is 9.64 Å². The molecule has 1 aromatic carbocycles. The van der Waals surface area contributed by atoms with Gasteiger partial charge in [0, 0.05) is 18.7 Å². The lowest BCUT2D eigenvalue weighted by Gasteiger charge is -2.31. The Kier molecular flexibility index (Phi) is 6.66. The highest BCUT2D eigenvalue weighted by atomic mass is 16.5. The summed E-state index contributed by atoms with van der Waals surface area (Å²) in [5, 5.41) is 16.7. The molecule has 0 saturated carbocycles. The van der Waals surface area contributed by atoms with Crippen LogP contribution in [0.2, 0.25) is 0 Å². The van der Waals surface area contributed by atoms with E-state index in [-0.39, 0.29) is 18.7 Å². The summed E-state index contributed by atoms with van der Waals surface area (Å²) in [5.41, 5.74) is 2.93. The lowest BCUT2D eigenvalue weighted by Crippen LogP contribution is -2.36. The van der Waals surface area contributed by atoms with Crippen LogP contribution in [0.5, 0.6) is 5.75 Å². The topological polar surface area (TPSA) is 100 Å². The molecule has 0 amide bonds. The van der Waals surface area contributed by atoms with Gasteiger partial charge in [-0.15, -0.1) is 0 Å². The minimum atomic E-state index is -0.250. The van der Waals surface area contributed by atoms with Gasteiger partial charge in [0.1, 0.15) is 11.6 Å². The van der Waals surface area contributed by atoms with E-state index in [2.05, 4.69) is 31.4 Å². The van der Waals surface area contributed by atoms with Crippen molar-refractivity contribution >= 4 is 17.9 Å². The maximum absolute atomic E-state index is 9.79. The van der Waals surface area contributed by atoms with Crippen molar-refractivity contribution in [2.45, 2.75) is 38.9 Å². The second-order valence-electron chi connectivity index (χ2n) is 7.12. The van der Waals surface area contributed by atoms with Gasteiger partial charge < -0.3 is 19.8 Å². The van der Waals surface area contributed by atoms with Crippen LogP contribution in [0.1, 0.15) is 26.7 Å². The normalized spacial score (nSPS) is 14.6. The third kappa shape index (κ3) is 4.83. The second kappa shape index (κ2) is 9.38. The number of aliphatic hydroxyl groups is 1. The van der Waals surface area contributed by atoms with Gasteiger partial charge >= 0.3 is 0 Å². The van der Waals surface area contributed by atoms with Crippen LogP contribution in [-0.2, 0) is 4.79 Å². The zero-order valence-electron chi connectivity index (χ0n) is 16.6. The summed E-state index contributed by atoms with van der Waals surface area (Å²) in [6.07, 6.45) is 7.06. The molecule has 2 N–H and O–H groups in total. The van der Waals surface area contributed by atoms with Crippen LogP contribution in [0, 0.1) is 0 Å². The predicted molar refractivity (Wildman–Crippen MR) is 110 cm³/mol. The first-order valence-electron chi connectivity index (χ1n) is 9.63. The molecule has 1 fully saturated rings. The first-order valence-corrected chi connectivity index (χ1v) is 9.63. The quantitative estimate of drug-likeness (QED) is 0.652. The number of anilines is 1. The molecule has 154 valence electrons. The van der Waals surface area contributed by atoms with Crippen molar-refractivity contribution in [1.82, 2.24) is 14.4 Å². The average molecular weight is 398 g/mol. The Morgan fingerprint density at radius 2 is 1.79 bits per heavy atom. The third-order valence-corrected chi connectivity index (χ3v) is 4.71. The molecule has 8 nitrogen and oxygen atoms in total. The summed E-state index contributed by atoms with van der Waals surface area (Å²) >= 11 is 0. The number of aromatic nitrogens is 3. The molecular weight excluding hydrogens is 372 g/mol. The van der Waals surface area contributed by atoms with Gasteiger partial charge in [-0.1, -0.05) is 0 Å². The monoisotopic (exact) mass is 398 g/mol. The van der Waals surface area contributed by atoms with Gasteiger partial charge in [0.05, 0.1) is 36.5 Å². The van der Waals surface area contributed by atoms with E-state index in [4.69, 9.17) is 14.6 Å². The number of nitrogens with zero attached hydrogens (tertiary/aromatic N) is 4. The minimum Gasteiger partial charge on any atom is -0.491 e. The fraction of sp³-hybridized carbons (Fsp3) is 0.381. The van der Waals surface area contributed by atoms with E-state index in [9.17, 15) is 5.11 Å². The molecule has 1 saturated heterocycles. The number of imidazole rings is 1. The Hall–Kier alpha value is -3.13. The molecule has 0 bridgehead atoms. The Balaban J connectivity index is 0.000000755. The number of carbonyl (C=O) groups is 1. The maximum Gasteiger partial charge on any atom is 0.290 e. The molecule has 0 radical (unpaired) electrons. The standard InChI is InChI=1S/C20H24N4O2.CH2O2/c1-14(2)26-17-5-3-15(4-6-17)18-11-22-19-12-21-13-20(24(18)19)23-9-7-16(25)8-10-23;2-1-3/h3-6,11-14,16,25H,7-10H2,1-2H3;1H,(H,2,3). The summed E-state index contributed by atoms with van der Waals surface area (Å²) < 4.78 is 7.88. The number of aliphatic hydroxyl groups excluding tert-OH is 1. The highest BCUT2D eigenvalue weighted by Crippen LogP contribution is 2.28. The van der Waals surface area contributed by atoms with Gasteiger partial charge in [-0.25, -0.2) is 4.98 Å². The Morgan fingerprint density at radius 1 is 1.14 bits per heavy atom. The molecule has 4 rings (SSSR count). The highest BCUT2D eigenvalue weighted by molar-refractivity contribution is 5.67. The van der Waals surface area contributed by atoms with Crippen LogP contribution in [0.3, 0.4) is 0 Å². The van der Waals surface area contributed by atoms with Crippen LogP contribution >= 0.6 is 0 Å². The first kappa shape index (κ1) is 20.6. The van der Waals surface area contributed by atoms with E-state index in [1.165, 1.54) is 0 Å². The van der Waals surface area contributed by atoms with Gasteiger partial charge in [-0.3, -0.25) is 14.2 Å². The number of hydrogen-bond acceptors (Lipinski definition) is 6. The molecule has 0 spiro atoms. The second-order valence-corrected chi connectivity index (χ2v) is 7.12. The summed E-state index contributed by atoms with van der Waals surface area (Å²) in [7, 11) is 0. The Morgan fingerprint density at radius 3 is 2.41 bits per heavy atom. The molecule has 1 aliphatic heterocycles. The van der Waals surface area contributed by atoms with E-state index in [1.807, 2.05) is 38.4 Å². The van der Waals surface area contributed by atoms with Crippen molar-refractivity contribution in [2.24, 2.45) is 0 Å². The Bertz CT molecular complexity index is 932. The van der Waals surface area contributed by atoms with E-state index < -0.39 is 0 Å². The molecule has 0 unspecified atom stereocenters. The highest BCUT2D eigenvalue weighted by Gasteiger charge is 2.21. The van der Waals surface area contributed by atoms with Crippen molar-refractivity contribution < 1.29 is 19.7 Å². The van der Waals surface area contributed by atoms with Crippen LogP contribution in [0.4, 0.5) is 5.82 Å². The number of hydrogen-bond donors (Lipinski definition) is 2. The summed E-state index contributed by atoms with van der Waals surface area (Å²) in [6, 6.07) is 8.11. The lowest BCUT2D eigenvalue weighted by atomic mass is 10.1. The van der Waals surface area contributed by atoms with E-state index in [0.717, 1.165) is 54.4 Å².